The van der Waals surface area contributed by atoms with Gasteiger partial charge in [0.25, 0.3) is 0 Å². The molecule has 24 heavy (non-hydrogen) atoms. The van der Waals surface area contributed by atoms with E-state index in [9.17, 15) is 15.2 Å². The van der Waals surface area contributed by atoms with Crippen LogP contribution in [0.15, 0.2) is 30.3 Å². The first kappa shape index (κ1) is 15.4. The van der Waals surface area contributed by atoms with Crippen molar-refractivity contribution in [2.75, 3.05) is 5.32 Å². The molecule has 5 heteroatoms. The summed E-state index contributed by atoms with van der Waals surface area (Å²) < 4.78 is 0. The zero-order valence-corrected chi connectivity index (χ0v) is 14.0. The molecule has 1 fully saturated rings. The second kappa shape index (κ2) is 6.04. The van der Waals surface area contributed by atoms with Crippen LogP contribution < -0.4 is 5.32 Å². The predicted octanol–water partition coefficient (Wildman–Crippen LogP) is 3.21. The second-order valence-electron chi connectivity index (χ2n) is 6.56. The molecule has 0 spiro atoms. The Bertz CT molecular complexity index is 822. The molecule has 1 saturated carbocycles. The summed E-state index contributed by atoms with van der Waals surface area (Å²) in [5.74, 6) is 0.274. The number of aliphatic hydroxyl groups is 1. The van der Waals surface area contributed by atoms with Crippen molar-refractivity contribution in [1.29, 1.82) is 5.26 Å². The molecule has 122 valence electrons. The lowest BCUT2D eigenvalue weighted by molar-refractivity contribution is -0.117. The zero-order chi connectivity index (χ0) is 16.7. The van der Waals surface area contributed by atoms with Crippen molar-refractivity contribution in [3.8, 4) is 6.07 Å². The number of rotatable bonds is 3. The van der Waals surface area contributed by atoms with Gasteiger partial charge in [-0.3, -0.25) is 4.79 Å². The first-order chi connectivity index (χ1) is 11.7. The van der Waals surface area contributed by atoms with Gasteiger partial charge < -0.3 is 10.4 Å². The summed E-state index contributed by atoms with van der Waals surface area (Å²) in [6, 6.07) is 12.3. The standard InChI is InChI=1S/C19H18N2O2S/c20-10-16-13-7-6-12(22)8-17(13)24-19(16)21-18(23)15-9-14(15)11-4-2-1-3-5-11/h1-5,12,14-15,22H,6-9H2,(H,21,23). The fourth-order valence-corrected chi connectivity index (χ4v) is 4.80. The van der Waals surface area contributed by atoms with Gasteiger partial charge in [0, 0.05) is 17.2 Å². The Hall–Kier alpha value is -2.16. The SMILES string of the molecule is N#Cc1c(NC(=O)C2CC2c2ccccc2)sc2c1CCC(O)C2. The molecule has 0 bridgehead atoms. The van der Waals surface area contributed by atoms with Crippen molar-refractivity contribution in [1.82, 2.24) is 0 Å². The highest BCUT2D eigenvalue weighted by atomic mass is 32.1. The lowest BCUT2D eigenvalue weighted by Crippen LogP contribution is -2.17. The number of nitriles is 1. The minimum Gasteiger partial charge on any atom is -0.393 e. The van der Waals surface area contributed by atoms with Crippen LogP contribution in [0.4, 0.5) is 5.00 Å². The van der Waals surface area contributed by atoms with E-state index in [1.807, 2.05) is 18.2 Å². The minimum absolute atomic E-state index is 0.000464. The molecule has 2 aliphatic carbocycles. The van der Waals surface area contributed by atoms with Gasteiger partial charge in [-0.1, -0.05) is 30.3 Å². The molecule has 0 radical (unpaired) electrons. The molecule has 2 aromatic rings. The van der Waals surface area contributed by atoms with Crippen molar-refractivity contribution < 1.29 is 9.90 Å². The van der Waals surface area contributed by atoms with E-state index in [1.54, 1.807) is 0 Å². The van der Waals surface area contributed by atoms with Crippen molar-refractivity contribution in [3.05, 3.63) is 51.9 Å². The van der Waals surface area contributed by atoms with Crippen LogP contribution in [0.5, 0.6) is 0 Å². The van der Waals surface area contributed by atoms with Crippen LogP contribution in [0.1, 0.15) is 40.3 Å². The first-order valence-corrected chi connectivity index (χ1v) is 9.07. The summed E-state index contributed by atoms with van der Waals surface area (Å²) in [6.07, 6.45) is 2.51. The van der Waals surface area contributed by atoms with Crippen molar-refractivity contribution >= 4 is 22.2 Å². The molecule has 4 nitrogen and oxygen atoms in total. The summed E-state index contributed by atoms with van der Waals surface area (Å²) in [5, 5.41) is 22.9. The molecule has 0 aliphatic heterocycles. The average molecular weight is 338 g/mol. The van der Waals surface area contributed by atoms with Gasteiger partial charge in [-0.2, -0.15) is 5.26 Å². The number of benzene rings is 1. The third-order valence-corrected chi connectivity index (χ3v) is 6.11. The highest BCUT2D eigenvalue weighted by Crippen LogP contribution is 2.48. The molecule has 1 aromatic heterocycles. The molecule has 1 heterocycles. The Kier molecular flexibility index (Phi) is 3.87. The molecular formula is C19H18N2O2S. The van der Waals surface area contributed by atoms with Gasteiger partial charge >= 0.3 is 0 Å². The lowest BCUT2D eigenvalue weighted by atomic mass is 9.94. The third-order valence-electron chi connectivity index (χ3n) is 4.94. The number of hydrogen-bond acceptors (Lipinski definition) is 4. The third kappa shape index (κ3) is 2.72. The fraction of sp³-hybridized carbons (Fsp3) is 0.368. The van der Waals surface area contributed by atoms with Gasteiger partial charge in [-0.15, -0.1) is 11.3 Å². The van der Waals surface area contributed by atoms with E-state index in [2.05, 4.69) is 23.5 Å². The van der Waals surface area contributed by atoms with E-state index >= 15 is 0 Å². The van der Waals surface area contributed by atoms with Crippen LogP contribution in [0, 0.1) is 17.2 Å². The molecule has 3 unspecified atom stereocenters. The Balaban J connectivity index is 1.50. The number of thiophene rings is 1. The Morgan fingerprint density at radius 3 is 2.88 bits per heavy atom. The number of hydrogen-bond donors (Lipinski definition) is 2. The zero-order valence-electron chi connectivity index (χ0n) is 13.2. The van der Waals surface area contributed by atoms with Gasteiger partial charge in [-0.25, -0.2) is 0 Å². The Morgan fingerprint density at radius 2 is 2.12 bits per heavy atom. The minimum atomic E-state index is -0.336. The molecular weight excluding hydrogens is 320 g/mol. The maximum absolute atomic E-state index is 12.5. The number of nitrogens with zero attached hydrogens (tertiary/aromatic N) is 1. The van der Waals surface area contributed by atoms with E-state index in [1.165, 1.54) is 16.9 Å². The Morgan fingerprint density at radius 1 is 1.33 bits per heavy atom. The second-order valence-corrected chi connectivity index (χ2v) is 7.67. The normalized spacial score (nSPS) is 24.8. The van der Waals surface area contributed by atoms with Crippen LogP contribution >= 0.6 is 11.3 Å². The highest BCUT2D eigenvalue weighted by molar-refractivity contribution is 7.16. The summed E-state index contributed by atoms with van der Waals surface area (Å²) >= 11 is 1.45. The highest BCUT2D eigenvalue weighted by Gasteiger charge is 2.44. The molecule has 0 saturated heterocycles. The van der Waals surface area contributed by atoms with Crippen LogP contribution in [0.25, 0.3) is 0 Å². The molecule has 3 atom stereocenters. The quantitative estimate of drug-likeness (QED) is 0.902. The average Bonchev–Trinajstić information content (AvgIpc) is 3.32. The number of fused-ring (bicyclic) bond motifs is 1. The molecule has 4 rings (SSSR count). The number of nitrogens with one attached hydrogen (secondary N) is 1. The maximum atomic E-state index is 12.5. The van der Waals surface area contributed by atoms with Gasteiger partial charge in [-0.05, 0) is 36.3 Å². The lowest BCUT2D eigenvalue weighted by Gasteiger charge is -2.16. The fourth-order valence-electron chi connectivity index (χ4n) is 3.53. The van der Waals surface area contributed by atoms with Crippen molar-refractivity contribution in [3.63, 3.8) is 0 Å². The predicted molar refractivity (Wildman–Crippen MR) is 93.0 cm³/mol. The van der Waals surface area contributed by atoms with Gasteiger partial charge in [0.05, 0.1) is 11.7 Å². The summed E-state index contributed by atoms with van der Waals surface area (Å²) in [6.45, 7) is 0. The number of aliphatic hydroxyl groups excluding tert-OH is 1. The summed E-state index contributed by atoms with van der Waals surface area (Å²) in [7, 11) is 0. The summed E-state index contributed by atoms with van der Waals surface area (Å²) in [4.78, 5) is 13.6. The van der Waals surface area contributed by atoms with Crippen LogP contribution in [0.2, 0.25) is 0 Å². The maximum Gasteiger partial charge on any atom is 0.228 e. The van der Waals surface area contributed by atoms with Gasteiger partial charge in [0.1, 0.15) is 11.1 Å². The van der Waals surface area contributed by atoms with E-state index < -0.39 is 0 Å². The monoisotopic (exact) mass is 338 g/mol. The summed E-state index contributed by atoms with van der Waals surface area (Å²) in [5.41, 5.74) is 2.80. The number of carbonyl (C=O) groups excluding carboxylic acids is 1. The topological polar surface area (TPSA) is 73.1 Å². The van der Waals surface area contributed by atoms with E-state index in [-0.39, 0.29) is 23.8 Å². The largest absolute Gasteiger partial charge is 0.393 e. The van der Waals surface area contributed by atoms with Crippen LogP contribution in [0.3, 0.4) is 0 Å². The number of amides is 1. The number of carbonyl (C=O) groups is 1. The first-order valence-electron chi connectivity index (χ1n) is 8.26. The number of anilines is 1. The molecule has 2 aliphatic rings. The molecule has 1 amide bonds. The van der Waals surface area contributed by atoms with Gasteiger partial charge in [0.15, 0.2) is 0 Å². The van der Waals surface area contributed by atoms with Gasteiger partial charge in [0.2, 0.25) is 5.91 Å². The molecule has 1 aromatic carbocycles. The van der Waals surface area contributed by atoms with E-state index in [0.717, 1.165) is 16.9 Å². The van der Waals surface area contributed by atoms with E-state index in [4.69, 9.17) is 0 Å². The van der Waals surface area contributed by atoms with Crippen LogP contribution in [-0.4, -0.2) is 17.1 Å². The van der Waals surface area contributed by atoms with Crippen molar-refractivity contribution in [2.45, 2.75) is 37.7 Å². The van der Waals surface area contributed by atoms with Crippen LogP contribution in [-0.2, 0) is 17.6 Å². The Labute approximate surface area is 144 Å². The molecule has 2 N–H and O–H groups in total. The van der Waals surface area contributed by atoms with Crippen molar-refractivity contribution in [2.24, 2.45) is 5.92 Å². The smallest absolute Gasteiger partial charge is 0.228 e. The van der Waals surface area contributed by atoms with E-state index in [0.29, 0.717) is 29.8 Å².